The van der Waals surface area contributed by atoms with Crippen molar-refractivity contribution in [2.75, 3.05) is 6.61 Å². The quantitative estimate of drug-likeness (QED) is 0.581. The molecule has 0 saturated carbocycles. The van der Waals surface area contributed by atoms with Crippen LogP contribution in [0, 0.1) is 20.8 Å². The molecule has 0 aliphatic rings. The molecule has 0 aliphatic heterocycles. The van der Waals surface area contributed by atoms with Gasteiger partial charge in [0.1, 0.15) is 17.4 Å². The summed E-state index contributed by atoms with van der Waals surface area (Å²) >= 11 is 0. The van der Waals surface area contributed by atoms with Crippen molar-refractivity contribution in [3.05, 3.63) is 75.1 Å². The minimum atomic E-state index is -1.12. The number of amides is 1. The van der Waals surface area contributed by atoms with Gasteiger partial charge in [0.15, 0.2) is 6.61 Å². The van der Waals surface area contributed by atoms with E-state index in [2.05, 4.69) is 5.32 Å². The van der Waals surface area contributed by atoms with E-state index in [4.69, 9.17) is 9.15 Å². The fourth-order valence-corrected chi connectivity index (χ4v) is 3.21. The number of carbonyl (C=O) groups excluding carboxylic acids is 1. The molecule has 2 aromatic carbocycles. The van der Waals surface area contributed by atoms with E-state index in [1.807, 2.05) is 25.1 Å². The molecule has 1 atom stereocenters. The Hall–Kier alpha value is -3.61. The Labute approximate surface area is 173 Å². The second-order valence-corrected chi connectivity index (χ2v) is 7.14. The Morgan fingerprint density at radius 2 is 1.73 bits per heavy atom. The van der Waals surface area contributed by atoms with Gasteiger partial charge in [-0.1, -0.05) is 30.3 Å². The van der Waals surface area contributed by atoms with Gasteiger partial charge in [-0.25, -0.2) is 9.59 Å². The predicted molar refractivity (Wildman–Crippen MR) is 112 cm³/mol. The van der Waals surface area contributed by atoms with Crippen molar-refractivity contribution < 1.29 is 23.8 Å². The van der Waals surface area contributed by atoms with Crippen LogP contribution in [-0.2, 0) is 16.0 Å². The number of rotatable bonds is 7. The van der Waals surface area contributed by atoms with Gasteiger partial charge in [-0.2, -0.15) is 0 Å². The van der Waals surface area contributed by atoms with Crippen LogP contribution in [0.2, 0.25) is 0 Å². The molecule has 0 saturated heterocycles. The van der Waals surface area contributed by atoms with E-state index in [0.717, 1.165) is 16.5 Å². The van der Waals surface area contributed by atoms with Crippen molar-refractivity contribution in [2.24, 2.45) is 0 Å². The van der Waals surface area contributed by atoms with Gasteiger partial charge in [0.25, 0.3) is 5.91 Å². The van der Waals surface area contributed by atoms with Crippen LogP contribution in [-0.4, -0.2) is 29.6 Å². The van der Waals surface area contributed by atoms with Gasteiger partial charge < -0.3 is 19.6 Å². The normalized spacial score (nSPS) is 11.8. The Balaban J connectivity index is 1.71. The number of nitrogens with one attached hydrogen (secondary N) is 1. The molecule has 2 N–H and O–H groups in total. The number of aliphatic carboxylic acids is 1. The van der Waals surface area contributed by atoms with E-state index < -0.39 is 23.5 Å². The number of fused-ring (bicyclic) bond motifs is 1. The van der Waals surface area contributed by atoms with Crippen LogP contribution >= 0.6 is 0 Å². The second kappa shape index (κ2) is 8.82. The third-order valence-electron chi connectivity index (χ3n) is 5.10. The number of carbonyl (C=O) groups is 2. The molecule has 7 heteroatoms. The molecule has 3 rings (SSSR count). The third-order valence-corrected chi connectivity index (χ3v) is 5.10. The highest BCUT2D eigenvalue weighted by Gasteiger charge is 2.21. The lowest BCUT2D eigenvalue weighted by atomic mass is 10.0. The van der Waals surface area contributed by atoms with E-state index in [-0.39, 0.29) is 13.0 Å². The molecule has 0 bridgehead atoms. The Morgan fingerprint density at radius 3 is 2.40 bits per heavy atom. The molecule has 7 nitrogen and oxygen atoms in total. The largest absolute Gasteiger partial charge is 0.483 e. The second-order valence-electron chi connectivity index (χ2n) is 7.14. The van der Waals surface area contributed by atoms with Gasteiger partial charge in [-0.05, 0) is 44.0 Å². The van der Waals surface area contributed by atoms with Crippen LogP contribution in [0.1, 0.15) is 22.3 Å². The fourth-order valence-electron chi connectivity index (χ4n) is 3.21. The lowest BCUT2D eigenvalue weighted by Crippen LogP contribution is -2.44. The van der Waals surface area contributed by atoms with E-state index in [9.17, 15) is 19.5 Å². The molecule has 1 heterocycles. The van der Waals surface area contributed by atoms with Crippen molar-refractivity contribution in [3.8, 4) is 5.75 Å². The number of carboxylic acid groups (broad SMARTS) is 1. The molecular weight excluding hydrogens is 386 g/mol. The third kappa shape index (κ3) is 4.51. The smallest absolute Gasteiger partial charge is 0.339 e. The molecule has 1 aromatic heterocycles. The molecule has 1 amide bonds. The average molecular weight is 409 g/mol. The summed E-state index contributed by atoms with van der Waals surface area (Å²) in [6, 6.07) is 11.5. The summed E-state index contributed by atoms with van der Waals surface area (Å²) in [4.78, 5) is 35.8. The van der Waals surface area contributed by atoms with Crippen LogP contribution in [0.3, 0.4) is 0 Å². The predicted octanol–water partition coefficient (Wildman–Crippen LogP) is 2.91. The van der Waals surface area contributed by atoms with Crippen molar-refractivity contribution in [3.63, 3.8) is 0 Å². The molecule has 0 radical (unpaired) electrons. The number of aryl methyl sites for hydroxylation is 2. The standard InChI is InChI=1S/C23H23NO6/c1-13-14(2)23(28)30-21-15(3)19(10-9-17(13)21)29-12-20(25)24-18(22(26)27)11-16-7-5-4-6-8-16/h4-10,18H,11-12H2,1-3H3,(H,24,25)(H,26,27). The SMILES string of the molecule is Cc1c(C)c2ccc(OCC(=O)NC(Cc3ccccc3)C(=O)O)c(C)c2oc1=O. The van der Waals surface area contributed by atoms with Crippen LogP contribution < -0.4 is 15.7 Å². The fraction of sp³-hybridized carbons (Fsp3) is 0.261. The number of ether oxygens (including phenoxy) is 1. The molecule has 1 unspecified atom stereocenters. The van der Waals surface area contributed by atoms with E-state index >= 15 is 0 Å². The topological polar surface area (TPSA) is 106 Å². The van der Waals surface area contributed by atoms with Gasteiger partial charge in [0.05, 0.1) is 0 Å². The zero-order valence-electron chi connectivity index (χ0n) is 17.0. The summed E-state index contributed by atoms with van der Waals surface area (Å²) in [5.74, 6) is -1.29. The molecule has 0 fully saturated rings. The van der Waals surface area contributed by atoms with Crippen LogP contribution in [0.5, 0.6) is 5.75 Å². The van der Waals surface area contributed by atoms with Crippen molar-refractivity contribution in [1.82, 2.24) is 5.32 Å². The number of benzene rings is 2. The van der Waals surface area contributed by atoms with Gasteiger partial charge in [-0.3, -0.25) is 4.79 Å². The summed E-state index contributed by atoms with van der Waals surface area (Å²) in [5, 5.41) is 12.7. The van der Waals surface area contributed by atoms with Crippen LogP contribution in [0.4, 0.5) is 0 Å². The first-order chi connectivity index (χ1) is 14.3. The molecular formula is C23H23NO6. The maximum absolute atomic E-state index is 12.3. The Bertz CT molecular complexity index is 1150. The first-order valence-electron chi connectivity index (χ1n) is 9.50. The van der Waals surface area contributed by atoms with Gasteiger partial charge >= 0.3 is 11.6 Å². The molecule has 0 spiro atoms. The summed E-state index contributed by atoms with van der Waals surface area (Å²) in [5.41, 5.74) is 2.78. The molecule has 156 valence electrons. The van der Waals surface area contributed by atoms with Crippen LogP contribution in [0.25, 0.3) is 11.0 Å². The van der Waals surface area contributed by atoms with Crippen molar-refractivity contribution in [1.29, 1.82) is 0 Å². The number of hydrogen-bond donors (Lipinski definition) is 2. The number of carboxylic acids is 1. The Morgan fingerprint density at radius 1 is 1.03 bits per heavy atom. The summed E-state index contributed by atoms with van der Waals surface area (Å²) < 4.78 is 11.0. The highest BCUT2D eigenvalue weighted by atomic mass is 16.5. The highest BCUT2D eigenvalue weighted by Crippen LogP contribution is 2.29. The zero-order valence-corrected chi connectivity index (χ0v) is 17.0. The maximum Gasteiger partial charge on any atom is 0.339 e. The highest BCUT2D eigenvalue weighted by molar-refractivity contribution is 5.86. The minimum absolute atomic E-state index is 0.167. The Kier molecular flexibility index (Phi) is 6.20. The van der Waals surface area contributed by atoms with Crippen LogP contribution in [0.15, 0.2) is 51.7 Å². The first-order valence-corrected chi connectivity index (χ1v) is 9.50. The summed E-state index contributed by atoms with van der Waals surface area (Å²) in [6.45, 7) is 4.93. The molecule has 3 aromatic rings. The number of hydrogen-bond acceptors (Lipinski definition) is 5. The lowest BCUT2D eigenvalue weighted by molar-refractivity contribution is -0.142. The average Bonchev–Trinajstić information content (AvgIpc) is 2.72. The summed E-state index contributed by atoms with van der Waals surface area (Å²) in [6.07, 6.45) is 0.167. The van der Waals surface area contributed by atoms with Gasteiger partial charge in [-0.15, -0.1) is 0 Å². The zero-order chi connectivity index (χ0) is 21.8. The van der Waals surface area contributed by atoms with Crippen molar-refractivity contribution >= 4 is 22.8 Å². The van der Waals surface area contributed by atoms with E-state index in [1.54, 1.807) is 38.1 Å². The van der Waals surface area contributed by atoms with E-state index in [1.165, 1.54) is 0 Å². The maximum atomic E-state index is 12.3. The molecule has 0 aliphatic carbocycles. The molecule has 30 heavy (non-hydrogen) atoms. The van der Waals surface area contributed by atoms with Crippen molar-refractivity contribution in [2.45, 2.75) is 33.2 Å². The minimum Gasteiger partial charge on any atom is -0.483 e. The first kappa shape index (κ1) is 21.1. The van der Waals surface area contributed by atoms with Gasteiger partial charge in [0.2, 0.25) is 0 Å². The monoisotopic (exact) mass is 409 g/mol. The summed E-state index contributed by atoms with van der Waals surface area (Å²) in [7, 11) is 0. The lowest BCUT2D eigenvalue weighted by Gasteiger charge is -2.16. The van der Waals surface area contributed by atoms with Gasteiger partial charge in [0, 0.05) is 22.9 Å². The van der Waals surface area contributed by atoms with E-state index in [0.29, 0.717) is 22.5 Å².